The van der Waals surface area contributed by atoms with Crippen LogP contribution in [0.1, 0.15) is 24.1 Å². The topological polar surface area (TPSA) is 253 Å². The monoisotopic (exact) mass is 557 g/mol. The van der Waals surface area contributed by atoms with Crippen molar-refractivity contribution in [2.24, 2.45) is 5.73 Å². The zero-order valence-electron chi connectivity index (χ0n) is 21.3. The maximum absolute atomic E-state index is 13.4. The molecule has 10 N–H and O–H groups in total. The molecule has 3 aromatic rings. The Kier molecular flexibility index (Phi) is 10.3. The van der Waals surface area contributed by atoms with E-state index < -0.39 is 66.9 Å². The molecule has 0 bridgehead atoms. The van der Waals surface area contributed by atoms with Crippen LogP contribution in [0.4, 0.5) is 0 Å². The lowest BCUT2D eigenvalue weighted by molar-refractivity contribution is -0.142. The average molecular weight is 558 g/mol. The van der Waals surface area contributed by atoms with E-state index in [1.807, 2.05) is 18.2 Å². The van der Waals surface area contributed by atoms with E-state index in [-0.39, 0.29) is 19.3 Å². The summed E-state index contributed by atoms with van der Waals surface area (Å²) in [5, 5.41) is 36.0. The zero-order chi connectivity index (χ0) is 29.2. The number of aliphatic hydroxyl groups is 1. The van der Waals surface area contributed by atoms with Crippen LogP contribution in [0, 0.1) is 0 Å². The molecule has 4 atom stereocenters. The summed E-state index contributed by atoms with van der Waals surface area (Å²) in [4.78, 5) is 71.6. The predicted octanol–water partition coefficient (Wildman–Crippen LogP) is -1.60. The third kappa shape index (κ3) is 8.12. The van der Waals surface area contributed by atoms with Gasteiger partial charge in [0.25, 0.3) is 0 Å². The van der Waals surface area contributed by atoms with E-state index in [4.69, 9.17) is 15.9 Å². The first-order chi connectivity index (χ1) is 19.1. The number of carboxylic acids is 2. The molecule has 0 radical (unpaired) electrons. The van der Waals surface area contributed by atoms with Crippen LogP contribution in [-0.2, 0) is 36.8 Å². The van der Waals surface area contributed by atoms with Crippen molar-refractivity contribution in [2.45, 2.75) is 49.9 Å². The van der Waals surface area contributed by atoms with E-state index in [1.54, 1.807) is 12.3 Å². The van der Waals surface area contributed by atoms with Gasteiger partial charge >= 0.3 is 11.9 Å². The fraction of sp³-hybridized carbons (Fsp3) is 0.360. The molecule has 40 heavy (non-hydrogen) atoms. The highest BCUT2D eigenvalue weighted by Gasteiger charge is 2.31. The standard InChI is InChI=1S/C25H31N7O8/c26-16(11-33)22(36)30-18(5-6-21(34)35)23(37)31-19(7-13-9-28-17-4-2-1-3-15(13)17)24(38)32-20(25(39)40)8-14-10-27-12-29-14/h1-4,9-10,12,16,18-20,28,33H,5-8,11,26H2,(H,27,29)(H,30,36)(H,31,37)(H,32,38)(H,34,35)(H,39,40). The fourth-order valence-electron chi connectivity index (χ4n) is 3.99. The number of nitrogens with zero attached hydrogens (tertiary/aromatic N) is 1. The van der Waals surface area contributed by atoms with Gasteiger partial charge in [-0.05, 0) is 18.1 Å². The largest absolute Gasteiger partial charge is 0.481 e. The number of imidazole rings is 1. The maximum atomic E-state index is 13.4. The number of aromatic nitrogens is 3. The van der Waals surface area contributed by atoms with Crippen LogP contribution < -0.4 is 21.7 Å². The first-order valence-electron chi connectivity index (χ1n) is 12.3. The number of nitrogens with one attached hydrogen (secondary N) is 5. The Labute approximate surface area is 227 Å². The van der Waals surface area contributed by atoms with E-state index in [0.29, 0.717) is 11.3 Å². The molecule has 15 heteroatoms. The number of carboxylic acid groups (broad SMARTS) is 2. The highest BCUT2D eigenvalue weighted by molar-refractivity contribution is 5.95. The molecule has 3 amide bonds. The smallest absolute Gasteiger partial charge is 0.326 e. The van der Waals surface area contributed by atoms with E-state index in [1.165, 1.54) is 12.5 Å². The molecule has 0 aliphatic rings. The lowest BCUT2D eigenvalue weighted by Crippen LogP contribution is -2.58. The Morgan fingerprint density at radius 3 is 2.23 bits per heavy atom. The molecule has 0 aliphatic carbocycles. The number of hydrogen-bond acceptors (Lipinski definition) is 8. The van der Waals surface area contributed by atoms with Gasteiger partial charge in [-0.25, -0.2) is 9.78 Å². The first-order valence-corrected chi connectivity index (χ1v) is 12.3. The molecule has 214 valence electrons. The van der Waals surface area contributed by atoms with Crippen LogP contribution in [0.5, 0.6) is 0 Å². The second-order valence-electron chi connectivity index (χ2n) is 9.09. The highest BCUT2D eigenvalue weighted by atomic mass is 16.4. The molecule has 15 nitrogen and oxygen atoms in total. The average Bonchev–Trinajstić information content (AvgIpc) is 3.59. The van der Waals surface area contributed by atoms with Gasteiger partial charge in [-0.1, -0.05) is 18.2 Å². The molecule has 2 aromatic heterocycles. The second-order valence-corrected chi connectivity index (χ2v) is 9.09. The third-order valence-corrected chi connectivity index (χ3v) is 6.14. The number of aromatic amines is 2. The van der Waals surface area contributed by atoms with Crippen LogP contribution in [-0.4, -0.2) is 90.7 Å². The summed E-state index contributed by atoms with van der Waals surface area (Å²) in [5.41, 5.74) is 7.39. The second kappa shape index (κ2) is 13.9. The molecule has 0 spiro atoms. The van der Waals surface area contributed by atoms with Crippen molar-refractivity contribution in [3.05, 3.63) is 54.2 Å². The molecule has 4 unspecified atom stereocenters. The number of fused-ring (bicyclic) bond motifs is 1. The van der Waals surface area contributed by atoms with Crippen molar-refractivity contribution in [1.82, 2.24) is 30.9 Å². The van der Waals surface area contributed by atoms with Crippen LogP contribution >= 0.6 is 0 Å². The summed E-state index contributed by atoms with van der Waals surface area (Å²) < 4.78 is 0. The number of carbonyl (C=O) groups excluding carboxylic acids is 3. The molecule has 1 aromatic carbocycles. The number of H-pyrrole nitrogens is 2. The van der Waals surface area contributed by atoms with Crippen molar-refractivity contribution in [3.63, 3.8) is 0 Å². The van der Waals surface area contributed by atoms with Crippen LogP contribution in [0.25, 0.3) is 10.9 Å². The Hall–Kier alpha value is -4.76. The number of amides is 3. The normalized spacial score (nSPS) is 14.1. The van der Waals surface area contributed by atoms with Gasteiger partial charge in [0.2, 0.25) is 17.7 Å². The number of carbonyl (C=O) groups is 5. The maximum Gasteiger partial charge on any atom is 0.326 e. The quantitative estimate of drug-likeness (QED) is 0.103. The minimum absolute atomic E-state index is 0.0618. The number of rotatable bonds is 15. The molecule has 0 saturated heterocycles. The van der Waals surface area contributed by atoms with Gasteiger partial charge in [0.1, 0.15) is 24.2 Å². The molecular weight excluding hydrogens is 526 g/mol. The van der Waals surface area contributed by atoms with E-state index in [2.05, 4.69) is 30.9 Å². The van der Waals surface area contributed by atoms with E-state index in [9.17, 15) is 29.1 Å². The summed E-state index contributed by atoms with van der Waals surface area (Å²) in [6.45, 7) is -0.711. The minimum Gasteiger partial charge on any atom is -0.481 e. The lowest BCUT2D eigenvalue weighted by atomic mass is 10.0. The van der Waals surface area contributed by atoms with Gasteiger partial charge in [0.05, 0.1) is 12.9 Å². The van der Waals surface area contributed by atoms with E-state index >= 15 is 0 Å². The summed E-state index contributed by atoms with van der Waals surface area (Å²) in [5.74, 6) is -5.14. The molecule has 0 saturated carbocycles. The Bertz CT molecular complexity index is 1340. The zero-order valence-corrected chi connectivity index (χ0v) is 21.3. The first kappa shape index (κ1) is 29.8. The fourth-order valence-corrected chi connectivity index (χ4v) is 3.99. The highest BCUT2D eigenvalue weighted by Crippen LogP contribution is 2.19. The Morgan fingerprint density at radius 2 is 1.57 bits per heavy atom. The number of aliphatic hydroxyl groups excluding tert-OH is 1. The Morgan fingerprint density at radius 1 is 0.900 bits per heavy atom. The molecule has 2 heterocycles. The molecular formula is C25H31N7O8. The number of para-hydroxylation sites is 1. The number of hydrogen-bond donors (Lipinski definition) is 9. The van der Waals surface area contributed by atoms with Crippen molar-refractivity contribution in [2.75, 3.05) is 6.61 Å². The third-order valence-electron chi connectivity index (χ3n) is 6.14. The van der Waals surface area contributed by atoms with Crippen LogP contribution in [0.15, 0.2) is 43.0 Å². The lowest BCUT2D eigenvalue weighted by Gasteiger charge is -2.25. The summed E-state index contributed by atoms with van der Waals surface area (Å²) >= 11 is 0. The summed E-state index contributed by atoms with van der Waals surface area (Å²) in [7, 11) is 0. The van der Waals surface area contributed by atoms with Gasteiger partial charge < -0.3 is 47.0 Å². The van der Waals surface area contributed by atoms with Crippen LogP contribution in [0.3, 0.4) is 0 Å². The summed E-state index contributed by atoms with van der Waals surface area (Å²) in [6.07, 6.45) is 3.45. The van der Waals surface area contributed by atoms with Gasteiger partial charge in [0, 0.05) is 48.3 Å². The molecule has 0 aliphatic heterocycles. The summed E-state index contributed by atoms with van der Waals surface area (Å²) in [6, 6.07) is 1.80. The van der Waals surface area contributed by atoms with Crippen molar-refractivity contribution < 1.29 is 39.3 Å². The van der Waals surface area contributed by atoms with Gasteiger partial charge in [-0.2, -0.15) is 0 Å². The van der Waals surface area contributed by atoms with Gasteiger partial charge in [0.15, 0.2) is 0 Å². The van der Waals surface area contributed by atoms with Crippen molar-refractivity contribution >= 4 is 40.6 Å². The van der Waals surface area contributed by atoms with Crippen molar-refractivity contribution in [3.8, 4) is 0 Å². The SMILES string of the molecule is NC(CO)C(=O)NC(CCC(=O)O)C(=O)NC(Cc1c[nH]c2ccccc12)C(=O)NC(Cc1cnc[nH]1)C(=O)O. The number of benzene rings is 1. The van der Waals surface area contributed by atoms with Crippen molar-refractivity contribution in [1.29, 1.82) is 0 Å². The van der Waals surface area contributed by atoms with Crippen LogP contribution in [0.2, 0.25) is 0 Å². The Balaban J connectivity index is 1.86. The predicted molar refractivity (Wildman–Crippen MR) is 140 cm³/mol. The van der Waals surface area contributed by atoms with Gasteiger partial charge in [-0.3, -0.25) is 19.2 Å². The molecule has 0 fully saturated rings. The molecule has 3 rings (SSSR count). The van der Waals surface area contributed by atoms with E-state index in [0.717, 1.165) is 10.9 Å². The minimum atomic E-state index is -1.40. The van der Waals surface area contributed by atoms with Gasteiger partial charge in [-0.15, -0.1) is 0 Å². The number of aliphatic carboxylic acids is 2. The number of nitrogens with two attached hydrogens (primary N) is 1.